The van der Waals surface area contributed by atoms with Gasteiger partial charge in [0.2, 0.25) is 5.91 Å². The molecule has 1 saturated heterocycles. The molecule has 4 heteroatoms. The normalized spacial score (nSPS) is 25.8. The molecule has 1 aliphatic heterocycles. The van der Waals surface area contributed by atoms with Gasteiger partial charge in [0.1, 0.15) is 0 Å². The summed E-state index contributed by atoms with van der Waals surface area (Å²) >= 11 is 0. The third kappa shape index (κ3) is 4.10. The van der Waals surface area contributed by atoms with Crippen LogP contribution in [0, 0.1) is 0 Å². The van der Waals surface area contributed by atoms with Gasteiger partial charge in [0, 0.05) is 19.2 Å². The molecule has 1 atom stereocenters. The Morgan fingerprint density at radius 1 is 1.38 bits per heavy atom. The number of carbonyl (C=O) groups is 1. The summed E-state index contributed by atoms with van der Waals surface area (Å²) in [4.78, 5) is 13.6. The van der Waals surface area contributed by atoms with E-state index in [1.165, 1.54) is 12.8 Å². The number of likely N-dealkylation sites (N-methyl/N-ethyl adjacent to an activating group) is 1. The Bertz CT molecular complexity index is 235. The van der Waals surface area contributed by atoms with Crippen LogP contribution in [-0.2, 0) is 9.53 Å². The van der Waals surface area contributed by atoms with Crippen molar-refractivity contribution in [2.24, 2.45) is 0 Å². The molecule has 0 bridgehead atoms. The molecule has 92 valence electrons. The van der Waals surface area contributed by atoms with E-state index < -0.39 is 0 Å². The summed E-state index contributed by atoms with van der Waals surface area (Å²) in [6, 6.07) is 0.465. The van der Waals surface area contributed by atoms with Crippen LogP contribution in [0.15, 0.2) is 0 Å². The quantitative estimate of drug-likeness (QED) is 0.752. The second kappa shape index (κ2) is 5.64. The van der Waals surface area contributed by atoms with Crippen LogP contribution in [0.25, 0.3) is 0 Å². The lowest BCUT2D eigenvalue weighted by molar-refractivity contribution is -0.122. The van der Waals surface area contributed by atoms with Gasteiger partial charge in [-0.3, -0.25) is 9.69 Å². The number of carbonyl (C=O) groups excluding carboxylic acids is 1. The van der Waals surface area contributed by atoms with Gasteiger partial charge in [0.05, 0.1) is 12.6 Å². The predicted molar refractivity (Wildman–Crippen MR) is 62.3 cm³/mol. The Labute approximate surface area is 97.3 Å². The van der Waals surface area contributed by atoms with Crippen LogP contribution < -0.4 is 5.32 Å². The third-order valence-corrected chi connectivity index (χ3v) is 3.15. The summed E-state index contributed by atoms with van der Waals surface area (Å²) < 4.78 is 5.65. The minimum atomic E-state index is 0.154. The lowest BCUT2D eigenvalue weighted by Crippen LogP contribution is -2.40. The zero-order valence-electron chi connectivity index (χ0n) is 10.1. The fourth-order valence-corrected chi connectivity index (χ4v) is 2.11. The van der Waals surface area contributed by atoms with Gasteiger partial charge in [0.25, 0.3) is 0 Å². The highest BCUT2D eigenvalue weighted by atomic mass is 16.5. The number of nitrogens with one attached hydrogen (secondary N) is 1. The molecule has 1 saturated carbocycles. The molecule has 4 nitrogen and oxygen atoms in total. The molecular weight excluding hydrogens is 204 g/mol. The second-order valence-electron chi connectivity index (χ2n) is 5.03. The van der Waals surface area contributed by atoms with Crippen LogP contribution >= 0.6 is 0 Å². The molecular formula is C12H22N2O2. The van der Waals surface area contributed by atoms with Crippen molar-refractivity contribution in [1.29, 1.82) is 0 Å². The number of nitrogens with zero attached hydrogens (tertiary/aromatic N) is 1. The summed E-state index contributed by atoms with van der Waals surface area (Å²) in [6.45, 7) is 2.25. The zero-order valence-corrected chi connectivity index (χ0v) is 10.1. The summed E-state index contributed by atoms with van der Waals surface area (Å²) in [6.07, 6.45) is 6.21. The van der Waals surface area contributed by atoms with Crippen molar-refractivity contribution in [1.82, 2.24) is 10.2 Å². The van der Waals surface area contributed by atoms with E-state index in [9.17, 15) is 4.79 Å². The van der Waals surface area contributed by atoms with E-state index in [-0.39, 0.29) is 5.91 Å². The number of hydrogen-bond donors (Lipinski definition) is 1. The molecule has 0 aromatic heterocycles. The first kappa shape index (κ1) is 11.9. The van der Waals surface area contributed by atoms with Crippen LogP contribution in [0.5, 0.6) is 0 Å². The lowest BCUT2D eigenvalue weighted by atomic mass is 10.1. The van der Waals surface area contributed by atoms with E-state index in [0.29, 0.717) is 18.7 Å². The largest absolute Gasteiger partial charge is 0.377 e. The molecule has 1 aliphatic carbocycles. The van der Waals surface area contributed by atoms with Crippen molar-refractivity contribution >= 4 is 5.91 Å². The van der Waals surface area contributed by atoms with Crippen molar-refractivity contribution in [2.45, 2.75) is 44.2 Å². The number of ether oxygens (including phenoxy) is 1. The van der Waals surface area contributed by atoms with Crippen LogP contribution in [0.4, 0.5) is 0 Å². The standard InChI is InChI=1S/C12H22N2O2/c1-14(8-11-4-2-3-7-16-11)9-12(15)13-10-5-6-10/h10-11H,2-9H2,1H3,(H,13,15). The molecule has 16 heavy (non-hydrogen) atoms. The van der Waals surface area contributed by atoms with Crippen LogP contribution in [-0.4, -0.2) is 49.7 Å². The first-order valence-electron chi connectivity index (χ1n) is 6.33. The third-order valence-electron chi connectivity index (χ3n) is 3.15. The van der Waals surface area contributed by atoms with E-state index in [1.807, 2.05) is 7.05 Å². The van der Waals surface area contributed by atoms with Crippen LogP contribution in [0.2, 0.25) is 0 Å². The molecule has 1 heterocycles. The smallest absolute Gasteiger partial charge is 0.234 e. The lowest BCUT2D eigenvalue weighted by Gasteiger charge is -2.27. The molecule has 0 radical (unpaired) electrons. The van der Waals surface area contributed by atoms with Gasteiger partial charge >= 0.3 is 0 Å². The van der Waals surface area contributed by atoms with E-state index in [4.69, 9.17) is 4.74 Å². The Morgan fingerprint density at radius 3 is 2.81 bits per heavy atom. The molecule has 1 unspecified atom stereocenters. The fraction of sp³-hybridized carbons (Fsp3) is 0.917. The van der Waals surface area contributed by atoms with Gasteiger partial charge < -0.3 is 10.1 Å². The molecule has 2 fully saturated rings. The first-order chi connectivity index (χ1) is 7.74. The zero-order chi connectivity index (χ0) is 11.4. The minimum Gasteiger partial charge on any atom is -0.377 e. The molecule has 0 aromatic carbocycles. The molecule has 1 N–H and O–H groups in total. The van der Waals surface area contributed by atoms with Crippen molar-refractivity contribution in [3.63, 3.8) is 0 Å². The first-order valence-corrected chi connectivity index (χ1v) is 6.33. The summed E-state index contributed by atoms with van der Waals surface area (Å²) in [5, 5.41) is 3.00. The summed E-state index contributed by atoms with van der Waals surface area (Å²) in [5.74, 6) is 0.154. The molecule has 1 amide bonds. The molecule has 2 rings (SSSR count). The predicted octanol–water partition coefficient (Wildman–Crippen LogP) is 0.766. The molecule has 0 aromatic rings. The second-order valence-corrected chi connectivity index (χ2v) is 5.03. The number of amides is 1. The van der Waals surface area contributed by atoms with Gasteiger partial charge in [-0.15, -0.1) is 0 Å². The monoisotopic (exact) mass is 226 g/mol. The average Bonchev–Trinajstić information content (AvgIpc) is 3.02. The highest BCUT2D eigenvalue weighted by Crippen LogP contribution is 2.18. The maximum Gasteiger partial charge on any atom is 0.234 e. The average molecular weight is 226 g/mol. The highest BCUT2D eigenvalue weighted by Gasteiger charge is 2.24. The van der Waals surface area contributed by atoms with Crippen molar-refractivity contribution in [3.8, 4) is 0 Å². The topological polar surface area (TPSA) is 41.6 Å². The highest BCUT2D eigenvalue weighted by molar-refractivity contribution is 5.78. The molecule has 0 spiro atoms. The Hall–Kier alpha value is -0.610. The van der Waals surface area contributed by atoms with Gasteiger partial charge in [0.15, 0.2) is 0 Å². The van der Waals surface area contributed by atoms with Crippen LogP contribution in [0.3, 0.4) is 0 Å². The van der Waals surface area contributed by atoms with Crippen molar-refractivity contribution in [3.05, 3.63) is 0 Å². The number of rotatable bonds is 5. The van der Waals surface area contributed by atoms with Gasteiger partial charge in [-0.05, 0) is 39.2 Å². The SMILES string of the molecule is CN(CC(=O)NC1CC1)CC1CCCCO1. The Balaban J connectivity index is 1.61. The maximum absolute atomic E-state index is 11.6. The summed E-state index contributed by atoms with van der Waals surface area (Å²) in [5.41, 5.74) is 0. The van der Waals surface area contributed by atoms with E-state index >= 15 is 0 Å². The van der Waals surface area contributed by atoms with E-state index in [1.54, 1.807) is 0 Å². The minimum absolute atomic E-state index is 0.154. The van der Waals surface area contributed by atoms with Crippen molar-refractivity contribution in [2.75, 3.05) is 26.7 Å². The van der Waals surface area contributed by atoms with E-state index in [2.05, 4.69) is 10.2 Å². The number of hydrogen-bond acceptors (Lipinski definition) is 3. The van der Waals surface area contributed by atoms with Crippen LogP contribution in [0.1, 0.15) is 32.1 Å². The maximum atomic E-state index is 11.6. The van der Waals surface area contributed by atoms with Gasteiger partial charge in [-0.1, -0.05) is 0 Å². The Morgan fingerprint density at radius 2 is 2.19 bits per heavy atom. The molecule has 2 aliphatic rings. The summed E-state index contributed by atoms with van der Waals surface area (Å²) in [7, 11) is 1.99. The Kier molecular flexibility index (Phi) is 4.18. The fourth-order valence-electron chi connectivity index (χ4n) is 2.11. The van der Waals surface area contributed by atoms with Gasteiger partial charge in [-0.25, -0.2) is 0 Å². The van der Waals surface area contributed by atoms with Crippen molar-refractivity contribution < 1.29 is 9.53 Å². The van der Waals surface area contributed by atoms with E-state index in [0.717, 1.165) is 32.4 Å². The van der Waals surface area contributed by atoms with Gasteiger partial charge in [-0.2, -0.15) is 0 Å².